The molecule has 1 aromatic rings. The second kappa shape index (κ2) is 6.66. The molecule has 0 spiro atoms. The van der Waals surface area contributed by atoms with Crippen LogP contribution in [0.25, 0.3) is 0 Å². The monoisotopic (exact) mass is 221 g/mol. The average molecular weight is 221 g/mol. The molecule has 90 valence electrons. The highest BCUT2D eigenvalue weighted by molar-refractivity contribution is 5.14. The summed E-state index contributed by atoms with van der Waals surface area (Å²) in [7, 11) is 0. The number of benzene rings is 1. The SMILES string of the molecule is CCN(Cc1ccccc1)CC(O)C(C)C. The van der Waals surface area contributed by atoms with Gasteiger partial charge in [0.15, 0.2) is 0 Å². The molecule has 0 amide bonds. The van der Waals surface area contributed by atoms with Crippen molar-refractivity contribution in [3.8, 4) is 0 Å². The van der Waals surface area contributed by atoms with Crippen molar-refractivity contribution in [1.82, 2.24) is 4.90 Å². The molecule has 1 atom stereocenters. The Morgan fingerprint density at radius 1 is 1.19 bits per heavy atom. The quantitative estimate of drug-likeness (QED) is 0.798. The molecular formula is C14H23NO. The lowest BCUT2D eigenvalue weighted by Crippen LogP contribution is -2.34. The topological polar surface area (TPSA) is 23.5 Å². The van der Waals surface area contributed by atoms with E-state index < -0.39 is 0 Å². The molecule has 0 aliphatic carbocycles. The zero-order valence-corrected chi connectivity index (χ0v) is 10.6. The Labute approximate surface area is 98.9 Å². The van der Waals surface area contributed by atoms with Crippen molar-refractivity contribution in [2.24, 2.45) is 5.92 Å². The molecule has 0 aliphatic heterocycles. The Morgan fingerprint density at radius 2 is 1.81 bits per heavy atom. The third kappa shape index (κ3) is 4.33. The third-order valence-corrected chi connectivity index (χ3v) is 2.91. The van der Waals surface area contributed by atoms with Crippen LogP contribution < -0.4 is 0 Å². The number of likely N-dealkylation sites (N-methyl/N-ethyl adjacent to an activating group) is 1. The van der Waals surface area contributed by atoms with E-state index in [1.165, 1.54) is 5.56 Å². The van der Waals surface area contributed by atoms with Crippen LogP contribution in [-0.4, -0.2) is 29.2 Å². The van der Waals surface area contributed by atoms with E-state index in [0.29, 0.717) is 5.92 Å². The molecule has 0 bridgehead atoms. The van der Waals surface area contributed by atoms with Crippen LogP contribution in [-0.2, 0) is 6.54 Å². The molecule has 1 rings (SSSR count). The fraction of sp³-hybridized carbons (Fsp3) is 0.571. The summed E-state index contributed by atoms with van der Waals surface area (Å²) >= 11 is 0. The van der Waals surface area contributed by atoms with Crippen molar-refractivity contribution in [1.29, 1.82) is 0 Å². The van der Waals surface area contributed by atoms with Gasteiger partial charge in [-0.05, 0) is 18.0 Å². The van der Waals surface area contributed by atoms with Crippen molar-refractivity contribution in [3.63, 3.8) is 0 Å². The molecule has 2 nitrogen and oxygen atoms in total. The maximum Gasteiger partial charge on any atom is 0.0690 e. The number of hydrogen-bond acceptors (Lipinski definition) is 2. The maximum atomic E-state index is 9.86. The molecular weight excluding hydrogens is 198 g/mol. The van der Waals surface area contributed by atoms with Gasteiger partial charge in [-0.3, -0.25) is 4.90 Å². The van der Waals surface area contributed by atoms with Crippen molar-refractivity contribution in [3.05, 3.63) is 35.9 Å². The van der Waals surface area contributed by atoms with Crippen LogP contribution in [0.1, 0.15) is 26.3 Å². The van der Waals surface area contributed by atoms with Gasteiger partial charge in [-0.2, -0.15) is 0 Å². The molecule has 1 aromatic carbocycles. The van der Waals surface area contributed by atoms with Crippen LogP contribution in [0.2, 0.25) is 0 Å². The van der Waals surface area contributed by atoms with Gasteiger partial charge in [0.1, 0.15) is 0 Å². The van der Waals surface area contributed by atoms with Crippen LogP contribution in [0.5, 0.6) is 0 Å². The minimum atomic E-state index is -0.233. The summed E-state index contributed by atoms with van der Waals surface area (Å²) in [5, 5.41) is 9.86. The van der Waals surface area contributed by atoms with Crippen LogP contribution in [0.4, 0.5) is 0 Å². The molecule has 16 heavy (non-hydrogen) atoms. The second-order valence-electron chi connectivity index (χ2n) is 4.62. The van der Waals surface area contributed by atoms with Gasteiger partial charge in [0, 0.05) is 13.1 Å². The van der Waals surface area contributed by atoms with Gasteiger partial charge < -0.3 is 5.11 Å². The van der Waals surface area contributed by atoms with Crippen molar-refractivity contribution >= 4 is 0 Å². The molecule has 1 N–H and O–H groups in total. The number of hydrogen-bond donors (Lipinski definition) is 1. The van der Waals surface area contributed by atoms with E-state index in [1.807, 2.05) is 6.07 Å². The van der Waals surface area contributed by atoms with Crippen LogP contribution >= 0.6 is 0 Å². The summed E-state index contributed by atoms with van der Waals surface area (Å²) in [6, 6.07) is 10.4. The minimum Gasteiger partial charge on any atom is -0.392 e. The van der Waals surface area contributed by atoms with Gasteiger partial charge in [-0.1, -0.05) is 51.1 Å². The summed E-state index contributed by atoms with van der Waals surface area (Å²) in [5.74, 6) is 0.324. The standard InChI is InChI=1S/C14H23NO/c1-4-15(11-14(16)12(2)3)10-13-8-6-5-7-9-13/h5-9,12,14,16H,4,10-11H2,1-3H3. The maximum absolute atomic E-state index is 9.86. The Morgan fingerprint density at radius 3 is 2.31 bits per heavy atom. The van der Waals surface area contributed by atoms with Gasteiger partial charge in [0.05, 0.1) is 6.10 Å². The zero-order valence-electron chi connectivity index (χ0n) is 10.6. The normalized spacial score (nSPS) is 13.4. The van der Waals surface area contributed by atoms with E-state index in [0.717, 1.165) is 19.6 Å². The van der Waals surface area contributed by atoms with E-state index in [-0.39, 0.29) is 6.10 Å². The lowest BCUT2D eigenvalue weighted by atomic mass is 10.1. The second-order valence-corrected chi connectivity index (χ2v) is 4.62. The highest BCUT2D eigenvalue weighted by atomic mass is 16.3. The van der Waals surface area contributed by atoms with E-state index in [1.54, 1.807) is 0 Å². The summed E-state index contributed by atoms with van der Waals surface area (Å²) in [6.45, 7) is 8.89. The predicted octanol–water partition coefficient (Wildman–Crippen LogP) is 2.53. The Bertz CT molecular complexity index is 284. The van der Waals surface area contributed by atoms with Gasteiger partial charge in [0.25, 0.3) is 0 Å². The van der Waals surface area contributed by atoms with E-state index in [4.69, 9.17) is 0 Å². The van der Waals surface area contributed by atoms with Gasteiger partial charge in [0.2, 0.25) is 0 Å². The Hall–Kier alpha value is -0.860. The van der Waals surface area contributed by atoms with Gasteiger partial charge >= 0.3 is 0 Å². The third-order valence-electron chi connectivity index (χ3n) is 2.91. The number of aliphatic hydroxyl groups excluding tert-OH is 1. The molecule has 0 aromatic heterocycles. The number of rotatable bonds is 6. The molecule has 0 fully saturated rings. The smallest absolute Gasteiger partial charge is 0.0690 e. The zero-order chi connectivity index (χ0) is 12.0. The molecule has 2 heteroatoms. The fourth-order valence-electron chi connectivity index (χ4n) is 1.62. The summed E-state index contributed by atoms with van der Waals surface area (Å²) in [5.41, 5.74) is 1.31. The van der Waals surface area contributed by atoms with E-state index >= 15 is 0 Å². The van der Waals surface area contributed by atoms with E-state index in [2.05, 4.69) is 49.9 Å². The van der Waals surface area contributed by atoms with Crippen LogP contribution in [0, 0.1) is 5.92 Å². The first-order valence-corrected chi connectivity index (χ1v) is 6.07. The highest BCUT2D eigenvalue weighted by Gasteiger charge is 2.13. The number of nitrogens with zero attached hydrogens (tertiary/aromatic N) is 1. The van der Waals surface area contributed by atoms with Crippen molar-refractivity contribution in [2.45, 2.75) is 33.4 Å². The van der Waals surface area contributed by atoms with Gasteiger partial charge in [-0.25, -0.2) is 0 Å². The lowest BCUT2D eigenvalue weighted by Gasteiger charge is -2.25. The minimum absolute atomic E-state index is 0.233. The van der Waals surface area contributed by atoms with Gasteiger partial charge in [-0.15, -0.1) is 0 Å². The van der Waals surface area contributed by atoms with Crippen LogP contribution in [0.15, 0.2) is 30.3 Å². The first-order valence-electron chi connectivity index (χ1n) is 6.07. The molecule has 0 heterocycles. The molecule has 0 aliphatic rings. The fourth-order valence-corrected chi connectivity index (χ4v) is 1.62. The first-order chi connectivity index (χ1) is 7.63. The first kappa shape index (κ1) is 13.2. The lowest BCUT2D eigenvalue weighted by molar-refractivity contribution is 0.0754. The Kier molecular flexibility index (Phi) is 5.50. The van der Waals surface area contributed by atoms with Crippen LogP contribution in [0.3, 0.4) is 0 Å². The van der Waals surface area contributed by atoms with E-state index in [9.17, 15) is 5.11 Å². The summed E-state index contributed by atoms with van der Waals surface area (Å²) in [4.78, 5) is 2.28. The predicted molar refractivity (Wildman–Crippen MR) is 68.2 cm³/mol. The molecule has 1 unspecified atom stereocenters. The Balaban J connectivity index is 2.49. The molecule has 0 saturated heterocycles. The largest absolute Gasteiger partial charge is 0.392 e. The summed E-state index contributed by atoms with van der Waals surface area (Å²) < 4.78 is 0. The van der Waals surface area contributed by atoms with Crippen molar-refractivity contribution < 1.29 is 5.11 Å². The molecule has 0 saturated carbocycles. The highest BCUT2D eigenvalue weighted by Crippen LogP contribution is 2.08. The number of aliphatic hydroxyl groups is 1. The average Bonchev–Trinajstić information content (AvgIpc) is 2.29. The van der Waals surface area contributed by atoms with Crippen molar-refractivity contribution in [2.75, 3.05) is 13.1 Å². The summed E-state index contributed by atoms with van der Waals surface area (Å²) in [6.07, 6.45) is -0.233. The molecule has 0 radical (unpaired) electrons.